The molecule has 1 N–H and O–H groups in total. The van der Waals surface area contributed by atoms with Crippen LogP contribution in [0.4, 0.5) is 0 Å². The first-order valence-electron chi connectivity index (χ1n) is 9.94. The first-order valence-corrected chi connectivity index (χ1v) is 9.94. The van der Waals surface area contributed by atoms with Crippen LogP contribution < -0.4 is 5.32 Å². The number of carbonyl (C=O) groups is 2. The van der Waals surface area contributed by atoms with Crippen LogP contribution in [0.15, 0.2) is 54.6 Å². The van der Waals surface area contributed by atoms with Gasteiger partial charge >= 0.3 is 0 Å². The van der Waals surface area contributed by atoms with Gasteiger partial charge in [-0.1, -0.05) is 42.5 Å². The maximum atomic E-state index is 12.5. The molecule has 0 aliphatic carbocycles. The van der Waals surface area contributed by atoms with Crippen LogP contribution in [0, 0.1) is 11.3 Å². The van der Waals surface area contributed by atoms with Gasteiger partial charge in [-0.15, -0.1) is 0 Å². The minimum absolute atomic E-state index is 0.00875. The molecule has 1 aliphatic rings. The number of aryl methyl sites for hydroxylation is 1. The molecule has 1 saturated heterocycles. The second-order valence-electron chi connectivity index (χ2n) is 7.23. The zero-order valence-corrected chi connectivity index (χ0v) is 16.5. The summed E-state index contributed by atoms with van der Waals surface area (Å²) in [4.78, 5) is 28.6. The highest BCUT2D eigenvalue weighted by Gasteiger charge is 2.22. The average molecular weight is 390 g/mol. The number of hydrogen-bond donors (Lipinski definition) is 1. The van der Waals surface area contributed by atoms with Crippen LogP contribution in [0.5, 0.6) is 0 Å². The van der Waals surface area contributed by atoms with E-state index in [1.54, 1.807) is 12.1 Å². The molecule has 150 valence electrons. The van der Waals surface area contributed by atoms with E-state index in [0.29, 0.717) is 57.7 Å². The Kier molecular flexibility index (Phi) is 7.37. The molecule has 0 saturated carbocycles. The van der Waals surface area contributed by atoms with E-state index >= 15 is 0 Å². The van der Waals surface area contributed by atoms with Crippen LogP contribution in [0.25, 0.3) is 0 Å². The molecule has 3 rings (SSSR count). The molecule has 1 heterocycles. The summed E-state index contributed by atoms with van der Waals surface area (Å²) in [7, 11) is 0. The fraction of sp³-hybridized carbons (Fsp3) is 0.348. The highest BCUT2D eigenvalue weighted by atomic mass is 16.2. The van der Waals surface area contributed by atoms with Crippen molar-refractivity contribution in [2.45, 2.75) is 19.4 Å². The van der Waals surface area contributed by atoms with E-state index in [1.807, 2.05) is 47.4 Å². The van der Waals surface area contributed by atoms with Gasteiger partial charge in [0.2, 0.25) is 11.8 Å². The van der Waals surface area contributed by atoms with Crippen molar-refractivity contribution in [3.8, 4) is 6.07 Å². The zero-order chi connectivity index (χ0) is 20.5. The maximum absolute atomic E-state index is 12.5. The van der Waals surface area contributed by atoms with E-state index in [-0.39, 0.29) is 11.8 Å². The van der Waals surface area contributed by atoms with Crippen LogP contribution in [0.3, 0.4) is 0 Å². The van der Waals surface area contributed by atoms with E-state index in [4.69, 9.17) is 5.26 Å². The van der Waals surface area contributed by atoms with E-state index < -0.39 is 0 Å². The molecule has 0 spiro atoms. The first-order chi connectivity index (χ1) is 14.1. The van der Waals surface area contributed by atoms with Crippen LogP contribution >= 0.6 is 0 Å². The normalized spacial score (nSPS) is 14.2. The van der Waals surface area contributed by atoms with Crippen LogP contribution in [0.2, 0.25) is 0 Å². The second kappa shape index (κ2) is 10.4. The summed E-state index contributed by atoms with van der Waals surface area (Å²) in [5.74, 6) is 0.150. The standard InChI is InChI=1S/C23H26N4O2/c24-16-20-8-6-19(7-9-20)10-11-23(29)27-14-12-26(13-15-27)18-22(28)25-17-21-4-2-1-3-5-21/h1-9H,10-15,17-18H2,(H,25,28). The number of hydrogen-bond acceptors (Lipinski definition) is 4. The number of nitriles is 1. The Balaban J connectivity index is 1.35. The molecule has 2 aromatic carbocycles. The number of rotatable bonds is 7. The lowest BCUT2D eigenvalue weighted by molar-refractivity contribution is -0.133. The smallest absolute Gasteiger partial charge is 0.234 e. The highest BCUT2D eigenvalue weighted by molar-refractivity contribution is 5.78. The van der Waals surface area contributed by atoms with E-state index in [1.165, 1.54) is 0 Å². The summed E-state index contributed by atoms with van der Waals surface area (Å²) in [6.07, 6.45) is 1.14. The number of benzene rings is 2. The number of carbonyl (C=O) groups excluding carboxylic acids is 2. The molecule has 0 aromatic heterocycles. The van der Waals surface area contributed by atoms with Crippen molar-refractivity contribution < 1.29 is 9.59 Å². The van der Waals surface area contributed by atoms with Crippen molar-refractivity contribution >= 4 is 11.8 Å². The molecule has 0 unspecified atom stereocenters. The van der Waals surface area contributed by atoms with Crippen LogP contribution in [-0.2, 0) is 22.6 Å². The summed E-state index contributed by atoms with van der Waals surface area (Å²) in [6.45, 7) is 3.62. The van der Waals surface area contributed by atoms with Gasteiger partial charge < -0.3 is 10.2 Å². The fourth-order valence-corrected chi connectivity index (χ4v) is 3.37. The third-order valence-corrected chi connectivity index (χ3v) is 5.14. The summed E-state index contributed by atoms with van der Waals surface area (Å²) < 4.78 is 0. The Hall–Kier alpha value is -3.17. The second-order valence-corrected chi connectivity index (χ2v) is 7.23. The van der Waals surface area contributed by atoms with E-state index in [0.717, 1.165) is 11.1 Å². The third kappa shape index (κ3) is 6.44. The SMILES string of the molecule is N#Cc1ccc(CCC(=O)N2CCN(CC(=O)NCc3ccccc3)CC2)cc1. The Morgan fingerprint density at radius 1 is 0.931 bits per heavy atom. The summed E-state index contributed by atoms with van der Waals surface area (Å²) >= 11 is 0. The Labute approximate surface area is 171 Å². The molecular formula is C23H26N4O2. The van der Waals surface area contributed by atoms with Gasteiger partial charge in [0.25, 0.3) is 0 Å². The van der Waals surface area contributed by atoms with Gasteiger partial charge in [0.15, 0.2) is 0 Å². The predicted molar refractivity (Wildman–Crippen MR) is 111 cm³/mol. The number of nitrogens with zero attached hydrogens (tertiary/aromatic N) is 3. The van der Waals surface area contributed by atoms with Gasteiger partial charge in [-0.05, 0) is 29.7 Å². The monoisotopic (exact) mass is 390 g/mol. The minimum atomic E-state index is 0.00875. The Morgan fingerprint density at radius 2 is 1.62 bits per heavy atom. The minimum Gasteiger partial charge on any atom is -0.351 e. The first kappa shape index (κ1) is 20.6. The summed E-state index contributed by atoms with van der Waals surface area (Å²) in [6, 6.07) is 19.3. The van der Waals surface area contributed by atoms with Crippen molar-refractivity contribution in [2.75, 3.05) is 32.7 Å². The van der Waals surface area contributed by atoms with Gasteiger partial charge in [-0.3, -0.25) is 14.5 Å². The molecule has 1 aliphatic heterocycles. The van der Waals surface area contributed by atoms with Crippen LogP contribution in [0.1, 0.15) is 23.1 Å². The average Bonchev–Trinajstić information content (AvgIpc) is 2.77. The number of amides is 2. The van der Waals surface area contributed by atoms with E-state index in [2.05, 4.69) is 16.3 Å². The lowest BCUT2D eigenvalue weighted by atomic mass is 10.1. The van der Waals surface area contributed by atoms with Gasteiger partial charge in [-0.2, -0.15) is 5.26 Å². The molecule has 0 bridgehead atoms. The zero-order valence-electron chi connectivity index (χ0n) is 16.5. The molecule has 0 radical (unpaired) electrons. The van der Waals surface area contributed by atoms with Crippen LogP contribution in [-0.4, -0.2) is 54.3 Å². The topological polar surface area (TPSA) is 76.4 Å². The fourth-order valence-electron chi connectivity index (χ4n) is 3.37. The number of piperazine rings is 1. The molecule has 0 atom stereocenters. The maximum Gasteiger partial charge on any atom is 0.234 e. The van der Waals surface area contributed by atoms with Crippen molar-refractivity contribution in [1.29, 1.82) is 5.26 Å². The lowest BCUT2D eigenvalue weighted by Crippen LogP contribution is -2.51. The van der Waals surface area contributed by atoms with Crippen molar-refractivity contribution in [2.24, 2.45) is 0 Å². The van der Waals surface area contributed by atoms with Gasteiger partial charge in [0.1, 0.15) is 0 Å². The molecule has 2 amide bonds. The number of nitrogens with one attached hydrogen (secondary N) is 1. The van der Waals surface area contributed by atoms with Crippen molar-refractivity contribution in [3.63, 3.8) is 0 Å². The molecule has 29 heavy (non-hydrogen) atoms. The molecule has 6 nitrogen and oxygen atoms in total. The lowest BCUT2D eigenvalue weighted by Gasteiger charge is -2.34. The summed E-state index contributed by atoms with van der Waals surface area (Å²) in [5.41, 5.74) is 2.77. The molecule has 2 aromatic rings. The Bertz CT molecular complexity index is 851. The van der Waals surface area contributed by atoms with Crippen molar-refractivity contribution in [3.05, 3.63) is 71.3 Å². The van der Waals surface area contributed by atoms with Gasteiger partial charge in [-0.25, -0.2) is 0 Å². The largest absolute Gasteiger partial charge is 0.351 e. The van der Waals surface area contributed by atoms with Crippen molar-refractivity contribution in [1.82, 2.24) is 15.1 Å². The third-order valence-electron chi connectivity index (χ3n) is 5.14. The Morgan fingerprint density at radius 3 is 2.28 bits per heavy atom. The molecule has 1 fully saturated rings. The molecule has 6 heteroatoms. The van der Waals surface area contributed by atoms with Gasteiger partial charge in [0, 0.05) is 39.1 Å². The van der Waals surface area contributed by atoms with E-state index in [9.17, 15) is 9.59 Å². The van der Waals surface area contributed by atoms with Gasteiger partial charge in [0.05, 0.1) is 18.2 Å². The molecular weight excluding hydrogens is 364 g/mol. The summed E-state index contributed by atoms with van der Waals surface area (Å²) in [5, 5.41) is 11.8. The highest BCUT2D eigenvalue weighted by Crippen LogP contribution is 2.09. The predicted octanol–water partition coefficient (Wildman–Crippen LogP) is 1.95. The quantitative estimate of drug-likeness (QED) is 0.784.